The van der Waals surface area contributed by atoms with Crippen LogP contribution in [0.5, 0.6) is 11.5 Å². The Balaban J connectivity index is 1.98. The van der Waals surface area contributed by atoms with Crippen molar-refractivity contribution in [2.75, 3.05) is 13.7 Å². The topological polar surface area (TPSA) is 68.7 Å². The van der Waals surface area contributed by atoms with Crippen molar-refractivity contribution in [2.45, 2.75) is 12.8 Å². The zero-order valence-corrected chi connectivity index (χ0v) is 16.4. The van der Waals surface area contributed by atoms with Crippen LogP contribution in [-0.4, -0.2) is 29.8 Å². The highest BCUT2D eigenvalue weighted by molar-refractivity contribution is 7.19. The predicted octanol–water partition coefficient (Wildman–Crippen LogP) is 5.28. The van der Waals surface area contributed by atoms with E-state index in [4.69, 9.17) is 14.6 Å². The summed E-state index contributed by atoms with van der Waals surface area (Å²) in [5, 5.41) is 9.95. The van der Waals surface area contributed by atoms with Crippen molar-refractivity contribution >= 4 is 39.2 Å². The van der Waals surface area contributed by atoms with Crippen molar-refractivity contribution in [2.24, 2.45) is 0 Å². The maximum absolute atomic E-state index is 11.1. The van der Waals surface area contributed by atoms with Gasteiger partial charge in [0.2, 0.25) is 0 Å². The number of fused-ring (bicyclic) bond motifs is 1. The molecule has 0 fully saturated rings. The molecule has 0 aliphatic heterocycles. The molecule has 5 nitrogen and oxygen atoms in total. The van der Waals surface area contributed by atoms with Crippen LogP contribution in [0, 0.1) is 0 Å². The Bertz CT molecular complexity index is 989. The van der Waals surface area contributed by atoms with E-state index < -0.39 is 5.97 Å². The molecule has 6 heteroatoms. The van der Waals surface area contributed by atoms with Gasteiger partial charge in [0.15, 0.2) is 11.5 Å². The summed E-state index contributed by atoms with van der Waals surface area (Å²) in [6.45, 7) is 4.04. The first kappa shape index (κ1) is 19.6. The molecule has 0 aliphatic rings. The summed E-state index contributed by atoms with van der Waals surface area (Å²) in [6.07, 6.45) is 4.07. The molecule has 144 valence electrons. The maximum Gasteiger partial charge on any atom is 0.303 e. The van der Waals surface area contributed by atoms with Crippen LogP contribution >= 0.6 is 11.3 Å². The van der Waals surface area contributed by atoms with Gasteiger partial charge in [0.05, 0.1) is 17.3 Å². The number of thiazole rings is 1. The van der Waals surface area contributed by atoms with E-state index in [1.807, 2.05) is 48.5 Å². The normalized spacial score (nSPS) is 11.4. The maximum atomic E-state index is 11.1. The lowest BCUT2D eigenvalue weighted by Gasteiger charge is -2.10. The van der Waals surface area contributed by atoms with Crippen molar-refractivity contribution in [3.63, 3.8) is 0 Å². The Hall–Kier alpha value is -3.12. The van der Waals surface area contributed by atoms with Gasteiger partial charge in [-0.05, 0) is 47.9 Å². The lowest BCUT2D eigenvalue weighted by molar-refractivity contribution is -0.136. The first-order chi connectivity index (χ1) is 13.6. The highest BCUT2D eigenvalue weighted by atomic mass is 32.1. The molecule has 3 rings (SSSR count). The average molecular weight is 395 g/mol. The quantitative estimate of drug-likeness (QED) is 0.500. The van der Waals surface area contributed by atoms with Crippen LogP contribution in [0.2, 0.25) is 0 Å². The number of nitrogens with zero attached hydrogens (tertiary/aromatic N) is 1. The number of aliphatic carboxylic acids is 1. The molecule has 0 spiro atoms. The molecule has 1 N–H and O–H groups in total. The fourth-order valence-electron chi connectivity index (χ4n) is 2.74. The van der Waals surface area contributed by atoms with Crippen molar-refractivity contribution in [1.29, 1.82) is 0 Å². The number of rotatable bonds is 9. The number of ether oxygens (including phenoxy) is 2. The Kier molecular flexibility index (Phi) is 6.45. The molecule has 0 aliphatic carbocycles. The van der Waals surface area contributed by atoms with E-state index in [1.165, 1.54) is 0 Å². The largest absolute Gasteiger partial charge is 0.493 e. The molecule has 0 amide bonds. The number of hydrogen-bond donors (Lipinski definition) is 1. The van der Waals surface area contributed by atoms with E-state index in [0.717, 1.165) is 26.4 Å². The van der Waals surface area contributed by atoms with E-state index >= 15 is 0 Å². The summed E-state index contributed by atoms with van der Waals surface area (Å²) >= 11 is 1.56. The minimum Gasteiger partial charge on any atom is -0.493 e. The minimum atomic E-state index is -0.835. The summed E-state index contributed by atoms with van der Waals surface area (Å²) < 4.78 is 12.1. The average Bonchev–Trinajstić information content (AvgIpc) is 3.13. The van der Waals surface area contributed by atoms with Gasteiger partial charge in [-0.25, -0.2) is 4.98 Å². The second-order valence-electron chi connectivity index (χ2n) is 6.06. The molecule has 3 aromatic rings. The molecule has 0 saturated heterocycles. The predicted molar refractivity (Wildman–Crippen MR) is 113 cm³/mol. The summed E-state index contributed by atoms with van der Waals surface area (Å²) in [4.78, 5) is 15.8. The standard InChI is InChI=1S/C22H21NO4S/c1-3-12-27-18-10-8-15(14-19(18)26-2)13-16(9-11-21(24)25)22-23-17-6-4-5-7-20(17)28-22/h3-8,10,13-14H,1,9,11-12H2,2H3,(H,24,25)/b16-13+. The van der Waals surface area contributed by atoms with Gasteiger partial charge in [0.25, 0.3) is 0 Å². The van der Waals surface area contributed by atoms with Crippen LogP contribution in [0.25, 0.3) is 21.9 Å². The Morgan fingerprint density at radius 1 is 1.21 bits per heavy atom. The highest BCUT2D eigenvalue weighted by Gasteiger charge is 2.12. The summed E-state index contributed by atoms with van der Waals surface area (Å²) in [7, 11) is 1.59. The van der Waals surface area contributed by atoms with E-state index in [-0.39, 0.29) is 6.42 Å². The van der Waals surface area contributed by atoms with Crippen LogP contribution in [0.1, 0.15) is 23.4 Å². The molecular formula is C22H21NO4S. The summed E-state index contributed by atoms with van der Waals surface area (Å²) in [5.41, 5.74) is 2.68. The first-order valence-corrected chi connectivity index (χ1v) is 9.62. The second-order valence-corrected chi connectivity index (χ2v) is 7.09. The number of carbonyl (C=O) groups is 1. The van der Waals surface area contributed by atoms with Gasteiger partial charge in [0, 0.05) is 6.42 Å². The lowest BCUT2D eigenvalue weighted by atomic mass is 10.1. The van der Waals surface area contributed by atoms with Gasteiger partial charge in [-0.15, -0.1) is 11.3 Å². The van der Waals surface area contributed by atoms with E-state index in [2.05, 4.69) is 11.6 Å². The fraction of sp³-hybridized carbons (Fsp3) is 0.182. The highest BCUT2D eigenvalue weighted by Crippen LogP contribution is 2.33. The molecule has 2 aromatic carbocycles. The Morgan fingerprint density at radius 2 is 2.04 bits per heavy atom. The number of carboxylic acids is 1. The van der Waals surface area contributed by atoms with Crippen LogP contribution in [0.3, 0.4) is 0 Å². The van der Waals surface area contributed by atoms with Gasteiger partial charge in [0.1, 0.15) is 11.6 Å². The molecule has 0 saturated carbocycles. The van der Waals surface area contributed by atoms with Crippen LogP contribution in [0.4, 0.5) is 0 Å². The van der Waals surface area contributed by atoms with Crippen LogP contribution in [0.15, 0.2) is 55.1 Å². The minimum absolute atomic E-state index is 0.0411. The van der Waals surface area contributed by atoms with Crippen LogP contribution < -0.4 is 9.47 Å². The number of para-hydroxylation sites is 1. The molecule has 1 heterocycles. The van der Waals surface area contributed by atoms with E-state index in [0.29, 0.717) is 24.5 Å². The van der Waals surface area contributed by atoms with Crippen molar-refractivity contribution in [3.05, 3.63) is 65.7 Å². The number of methoxy groups -OCH3 is 1. The first-order valence-electron chi connectivity index (χ1n) is 8.80. The monoisotopic (exact) mass is 395 g/mol. The third-order valence-electron chi connectivity index (χ3n) is 4.06. The van der Waals surface area contributed by atoms with Crippen LogP contribution in [-0.2, 0) is 4.79 Å². The molecule has 0 unspecified atom stereocenters. The van der Waals surface area contributed by atoms with Gasteiger partial charge in [-0.3, -0.25) is 4.79 Å². The third-order valence-corrected chi connectivity index (χ3v) is 5.17. The summed E-state index contributed by atoms with van der Waals surface area (Å²) in [6, 6.07) is 13.5. The van der Waals surface area contributed by atoms with Crippen molar-refractivity contribution < 1.29 is 19.4 Å². The van der Waals surface area contributed by atoms with Crippen molar-refractivity contribution in [3.8, 4) is 11.5 Å². The smallest absolute Gasteiger partial charge is 0.303 e. The number of carboxylic acid groups (broad SMARTS) is 1. The SMILES string of the molecule is C=CCOc1ccc(/C=C(\CCC(=O)O)c2nc3ccccc3s2)cc1OC. The van der Waals surface area contributed by atoms with E-state index in [9.17, 15) is 4.79 Å². The van der Waals surface area contributed by atoms with Gasteiger partial charge in [-0.1, -0.05) is 30.9 Å². The number of aromatic nitrogens is 1. The number of hydrogen-bond acceptors (Lipinski definition) is 5. The molecule has 28 heavy (non-hydrogen) atoms. The van der Waals surface area contributed by atoms with Crippen molar-refractivity contribution in [1.82, 2.24) is 4.98 Å². The molecule has 1 aromatic heterocycles. The van der Waals surface area contributed by atoms with Gasteiger partial charge in [-0.2, -0.15) is 0 Å². The zero-order chi connectivity index (χ0) is 19.9. The fourth-order valence-corrected chi connectivity index (χ4v) is 3.74. The zero-order valence-electron chi connectivity index (χ0n) is 15.6. The second kappa shape index (κ2) is 9.19. The lowest BCUT2D eigenvalue weighted by Crippen LogP contribution is -1.97. The molecule has 0 atom stereocenters. The number of benzene rings is 2. The number of allylic oxidation sites excluding steroid dienone is 1. The van der Waals surface area contributed by atoms with Gasteiger partial charge >= 0.3 is 5.97 Å². The molecule has 0 radical (unpaired) electrons. The summed E-state index contributed by atoms with van der Waals surface area (Å²) in [5.74, 6) is 0.405. The Labute approximate surface area is 167 Å². The molecular weight excluding hydrogens is 374 g/mol. The van der Waals surface area contributed by atoms with Gasteiger partial charge < -0.3 is 14.6 Å². The Morgan fingerprint density at radius 3 is 2.75 bits per heavy atom. The molecule has 0 bridgehead atoms. The third kappa shape index (κ3) is 4.78. The van der Waals surface area contributed by atoms with E-state index in [1.54, 1.807) is 24.5 Å².